The van der Waals surface area contributed by atoms with Gasteiger partial charge in [0.1, 0.15) is 0 Å². The molecular weight excluding hydrogens is 228 g/mol. The van der Waals surface area contributed by atoms with Crippen LogP contribution < -0.4 is 0 Å². The van der Waals surface area contributed by atoms with E-state index in [4.69, 9.17) is 10.4 Å². The molecule has 0 fully saturated rings. The summed E-state index contributed by atoms with van der Waals surface area (Å²) in [4.78, 5) is 12.8. The molecule has 0 heterocycles. The summed E-state index contributed by atoms with van der Waals surface area (Å²) in [6.07, 6.45) is 0.894. The van der Waals surface area contributed by atoms with Gasteiger partial charge in [0.25, 0.3) is 0 Å². The number of benzene rings is 1. The van der Waals surface area contributed by atoms with Gasteiger partial charge in [0.05, 0.1) is 18.2 Å². The van der Waals surface area contributed by atoms with Crippen LogP contribution in [0.25, 0.3) is 0 Å². The number of carboxylic acid groups (broad SMARTS) is 1. The molecule has 1 aromatic rings. The molecule has 1 aromatic carbocycles. The maximum Gasteiger partial charge on any atom is 0.317 e. The number of carboxylic acids is 1. The van der Waals surface area contributed by atoms with Gasteiger partial charge in [-0.25, -0.2) is 0 Å². The molecular formula is C14H18N2O2. The minimum atomic E-state index is -0.827. The minimum Gasteiger partial charge on any atom is -0.480 e. The molecule has 0 aliphatic heterocycles. The van der Waals surface area contributed by atoms with Crippen molar-refractivity contribution >= 4 is 5.97 Å². The maximum atomic E-state index is 10.8. The van der Waals surface area contributed by atoms with Gasteiger partial charge in [-0.3, -0.25) is 9.69 Å². The second-order valence-electron chi connectivity index (χ2n) is 4.37. The van der Waals surface area contributed by atoms with Crippen LogP contribution in [-0.4, -0.2) is 28.6 Å². The predicted octanol–water partition coefficient (Wildman–Crippen LogP) is 2.24. The lowest BCUT2D eigenvalue weighted by molar-refractivity contribution is -0.139. The lowest BCUT2D eigenvalue weighted by Gasteiger charge is -2.26. The largest absolute Gasteiger partial charge is 0.480 e. The zero-order valence-corrected chi connectivity index (χ0v) is 10.8. The number of hydrogen-bond acceptors (Lipinski definition) is 3. The lowest BCUT2D eigenvalue weighted by Crippen LogP contribution is -2.36. The van der Waals surface area contributed by atoms with Crippen LogP contribution in [0, 0.1) is 11.3 Å². The molecule has 0 aliphatic rings. The van der Waals surface area contributed by atoms with E-state index in [1.165, 1.54) is 0 Å². The fourth-order valence-electron chi connectivity index (χ4n) is 1.77. The van der Waals surface area contributed by atoms with Crippen LogP contribution in [-0.2, 0) is 11.3 Å². The number of nitriles is 1. The van der Waals surface area contributed by atoms with Gasteiger partial charge in [-0.1, -0.05) is 19.1 Å². The van der Waals surface area contributed by atoms with Gasteiger partial charge in [-0.15, -0.1) is 0 Å². The molecule has 4 nitrogen and oxygen atoms in total. The third-order valence-electron chi connectivity index (χ3n) is 2.99. The number of aliphatic carboxylic acids is 1. The fraction of sp³-hybridized carbons (Fsp3) is 0.429. The zero-order chi connectivity index (χ0) is 13.5. The highest BCUT2D eigenvalue weighted by Gasteiger charge is 2.15. The first kappa shape index (κ1) is 14.2. The fourth-order valence-corrected chi connectivity index (χ4v) is 1.77. The van der Waals surface area contributed by atoms with Crippen molar-refractivity contribution in [3.63, 3.8) is 0 Å². The molecule has 0 bridgehead atoms. The van der Waals surface area contributed by atoms with Crippen molar-refractivity contribution in [1.29, 1.82) is 5.26 Å². The molecule has 0 spiro atoms. The molecule has 1 rings (SSSR count). The zero-order valence-electron chi connectivity index (χ0n) is 10.8. The standard InChI is InChI=1S/C14H18N2O2/c1-3-11(2)16(10-14(17)18)9-13-6-4-5-12(7-13)8-15/h4-7,11H,3,9-10H2,1-2H3,(H,17,18). The Morgan fingerprint density at radius 1 is 1.56 bits per heavy atom. The van der Waals surface area contributed by atoms with E-state index in [1.54, 1.807) is 12.1 Å². The average Bonchev–Trinajstić information content (AvgIpc) is 2.36. The summed E-state index contributed by atoms with van der Waals surface area (Å²) in [5, 5.41) is 17.8. The quantitative estimate of drug-likeness (QED) is 0.836. The summed E-state index contributed by atoms with van der Waals surface area (Å²) in [5.41, 5.74) is 1.57. The van der Waals surface area contributed by atoms with Crippen LogP contribution in [0.5, 0.6) is 0 Å². The first-order valence-corrected chi connectivity index (χ1v) is 6.01. The second-order valence-corrected chi connectivity index (χ2v) is 4.37. The molecule has 0 radical (unpaired) electrons. The van der Waals surface area contributed by atoms with Crippen LogP contribution in [0.2, 0.25) is 0 Å². The summed E-state index contributed by atoms with van der Waals surface area (Å²) in [6.45, 7) is 4.62. The molecule has 0 saturated heterocycles. The molecule has 0 aliphatic carbocycles. The second kappa shape index (κ2) is 6.77. The summed E-state index contributed by atoms with van der Waals surface area (Å²) in [7, 11) is 0. The van der Waals surface area contributed by atoms with Crippen LogP contribution >= 0.6 is 0 Å². The van der Waals surface area contributed by atoms with Gasteiger partial charge in [-0.05, 0) is 31.0 Å². The van der Waals surface area contributed by atoms with E-state index < -0.39 is 5.97 Å². The number of carbonyl (C=O) groups is 1. The molecule has 0 saturated carbocycles. The molecule has 18 heavy (non-hydrogen) atoms. The Morgan fingerprint density at radius 3 is 2.83 bits per heavy atom. The molecule has 1 unspecified atom stereocenters. The van der Waals surface area contributed by atoms with Gasteiger partial charge in [0.15, 0.2) is 0 Å². The maximum absolute atomic E-state index is 10.8. The summed E-state index contributed by atoms with van der Waals surface area (Å²) in [6, 6.07) is 9.58. The van der Waals surface area contributed by atoms with E-state index in [-0.39, 0.29) is 12.6 Å². The Morgan fingerprint density at radius 2 is 2.28 bits per heavy atom. The van der Waals surface area contributed by atoms with Gasteiger partial charge in [-0.2, -0.15) is 5.26 Å². The van der Waals surface area contributed by atoms with Gasteiger partial charge >= 0.3 is 5.97 Å². The average molecular weight is 246 g/mol. The van der Waals surface area contributed by atoms with Gasteiger partial charge in [0, 0.05) is 12.6 Å². The van der Waals surface area contributed by atoms with Crippen molar-refractivity contribution in [2.24, 2.45) is 0 Å². The van der Waals surface area contributed by atoms with Crippen LogP contribution in [0.3, 0.4) is 0 Å². The normalized spacial score (nSPS) is 12.1. The first-order valence-electron chi connectivity index (χ1n) is 6.01. The Balaban J connectivity index is 2.81. The Labute approximate surface area is 107 Å². The van der Waals surface area contributed by atoms with E-state index in [0.29, 0.717) is 12.1 Å². The van der Waals surface area contributed by atoms with E-state index >= 15 is 0 Å². The topological polar surface area (TPSA) is 64.3 Å². The summed E-state index contributed by atoms with van der Waals surface area (Å²) in [5.74, 6) is -0.827. The van der Waals surface area contributed by atoms with Crippen molar-refractivity contribution in [3.8, 4) is 6.07 Å². The molecule has 1 N–H and O–H groups in total. The van der Waals surface area contributed by atoms with E-state index in [0.717, 1.165) is 12.0 Å². The third-order valence-corrected chi connectivity index (χ3v) is 2.99. The molecule has 96 valence electrons. The lowest BCUT2D eigenvalue weighted by atomic mass is 10.1. The highest BCUT2D eigenvalue weighted by atomic mass is 16.4. The highest BCUT2D eigenvalue weighted by Crippen LogP contribution is 2.12. The number of nitrogens with zero attached hydrogens (tertiary/aromatic N) is 2. The van der Waals surface area contributed by atoms with Gasteiger partial charge < -0.3 is 5.11 Å². The SMILES string of the molecule is CCC(C)N(CC(=O)O)Cc1cccc(C#N)c1. The van der Waals surface area contributed by atoms with Crippen molar-refractivity contribution in [1.82, 2.24) is 4.90 Å². The van der Waals surface area contributed by atoms with Crippen LogP contribution in [0.4, 0.5) is 0 Å². The van der Waals surface area contributed by atoms with Crippen molar-refractivity contribution in [2.75, 3.05) is 6.54 Å². The number of hydrogen-bond donors (Lipinski definition) is 1. The summed E-state index contributed by atoms with van der Waals surface area (Å²) < 4.78 is 0. The van der Waals surface area contributed by atoms with Crippen molar-refractivity contribution in [2.45, 2.75) is 32.9 Å². The number of rotatable bonds is 6. The van der Waals surface area contributed by atoms with Crippen molar-refractivity contribution in [3.05, 3.63) is 35.4 Å². The Bertz CT molecular complexity index is 451. The minimum absolute atomic E-state index is 0.0196. The first-order chi connectivity index (χ1) is 8.56. The Hall–Kier alpha value is -1.86. The predicted molar refractivity (Wildman–Crippen MR) is 69.0 cm³/mol. The smallest absolute Gasteiger partial charge is 0.317 e. The molecule has 0 aromatic heterocycles. The Kier molecular flexibility index (Phi) is 5.34. The monoisotopic (exact) mass is 246 g/mol. The van der Waals surface area contributed by atoms with E-state index in [1.807, 2.05) is 30.9 Å². The van der Waals surface area contributed by atoms with Crippen LogP contribution in [0.15, 0.2) is 24.3 Å². The van der Waals surface area contributed by atoms with E-state index in [2.05, 4.69) is 6.07 Å². The molecule has 4 heteroatoms. The third kappa shape index (κ3) is 4.19. The van der Waals surface area contributed by atoms with E-state index in [9.17, 15) is 4.79 Å². The van der Waals surface area contributed by atoms with Crippen LogP contribution in [0.1, 0.15) is 31.4 Å². The summed E-state index contributed by atoms with van der Waals surface area (Å²) >= 11 is 0. The molecule has 1 atom stereocenters. The highest BCUT2D eigenvalue weighted by molar-refractivity contribution is 5.69. The van der Waals surface area contributed by atoms with Gasteiger partial charge in [0.2, 0.25) is 0 Å². The van der Waals surface area contributed by atoms with Crippen molar-refractivity contribution < 1.29 is 9.90 Å². The molecule has 0 amide bonds.